The molecule has 0 heterocycles. The monoisotopic (exact) mass is 351 g/mol. The summed E-state index contributed by atoms with van der Waals surface area (Å²) in [6.07, 6.45) is -1.33. The molecule has 17 heavy (non-hydrogen) atoms. The molecule has 92 valence electrons. The second kappa shape index (κ2) is 5.17. The Morgan fingerprint density at radius 3 is 2.53 bits per heavy atom. The van der Waals surface area contributed by atoms with Crippen molar-refractivity contribution in [2.45, 2.75) is 0 Å². The van der Waals surface area contributed by atoms with E-state index in [1.165, 1.54) is 12.1 Å². The van der Waals surface area contributed by atoms with Crippen LogP contribution in [0.3, 0.4) is 0 Å². The van der Waals surface area contributed by atoms with Gasteiger partial charge in [-0.2, -0.15) is 0 Å². The van der Waals surface area contributed by atoms with E-state index in [2.05, 4.69) is 0 Å². The van der Waals surface area contributed by atoms with Gasteiger partial charge in [0.1, 0.15) is 5.69 Å². The third-order valence-corrected chi connectivity index (χ3v) is 2.85. The van der Waals surface area contributed by atoms with Crippen molar-refractivity contribution in [1.82, 2.24) is 0 Å². The van der Waals surface area contributed by atoms with Gasteiger partial charge < -0.3 is 10.0 Å². The molecule has 0 saturated carbocycles. The van der Waals surface area contributed by atoms with E-state index < -0.39 is 11.0 Å². The summed E-state index contributed by atoms with van der Waals surface area (Å²) in [5.41, 5.74) is 0.411. The molecule has 2 N–H and O–H groups in total. The molecule has 7 nitrogen and oxygen atoms in total. The maximum atomic E-state index is 10.8. The van der Waals surface area contributed by atoms with Crippen molar-refractivity contribution in [2.24, 2.45) is 0 Å². The summed E-state index contributed by atoms with van der Waals surface area (Å²) in [7, 11) is 3.54. The third kappa shape index (κ3) is 3.19. The lowest BCUT2D eigenvalue weighted by atomic mass is 10.2. The van der Waals surface area contributed by atoms with Gasteiger partial charge in [0.25, 0.3) is 5.69 Å². The summed E-state index contributed by atoms with van der Waals surface area (Å²) in [4.78, 5) is 22.5. The number of hydrogen-bond acceptors (Lipinski definition) is 4. The van der Waals surface area contributed by atoms with Crippen LogP contribution in [-0.2, 0) is 0 Å². The number of halogens is 1. The van der Waals surface area contributed by atoms with E-state index in [1.54, 1.807) is 19.0 Å². The number of rotatable bonds is 3. The maximum Gasteiger partial charge on any atom is 0.409 e. The molecule has 0 spiro atoms. The number of carbonyl (C=O) groups is 1. The molecule has 0 aliphatic heterocycles. The first-order valence-corrected chi connectivity index (χ1v) is 5.56. The third-order valence-electron chi connectivity index (χ3n) is 1.99. The van der Waals surface area contributed by atoms with Crippen LogP contribution in [0.5, 0.6) is 0 Å². The predicted molar refractivity (Wildman–Crippen MR) is 71.8 cm³/mol. The molecule has 0 aliphatic carbocycles. The number of anilines is 2. The van der Waals surface area contributed by atoms with Crippen LogP contribution in [0.2, 0.25) is 0 Å². The van der Waals surface area contributed by atoms with E-state index in [0.717, 1.165) is 0 Å². The molecule has 8 heteroatoms. The van der Waals surface area contributed by atoms with E-state index in [-0.39, 0.29) is 11.4 Å². The van der Waals surface area contributed by atoms with Crippen LogP contribution in [-0.4, -0.2) is 30.2 Å². The highest BCUT2D eigenvalue weighted by molar-refractivity contribution is 14.1. The van der Waals surface area contributed by atoms with Crippen LogP contribution in [0.25, 0.3) is 0 Å². The Kier molecular flexibility index (Phi) is 4.10. The summed E-state index contributed by atoms with van der Waals surface area (Å²) in [5.74, 6) is 0. The Bertz CT molecular complexity index is 476. The van der Waals surface area contributed by atoms with Crippen LogP contribution in [0, 0.1) is 13.7 Å². The first kappa shape index (κ1) is 13.5. The summed E-state index contributed by atoms with van der Waals surface area (Å²) in [6.45, 7) is 0. The molecule has 0 aromatic heterocycles. The predicted octanol–water partition coefficient (Wildman–Crippen LogP) is 2.36. The number of nitrogens with zero attached hydrogens (tertiary/aromatic N) is 2. The van der Waals surface area contributed by atoms with Crippen molar-refractivity contribution in [2.75, 3.05) is 24.3 Å². The second-order valence-corrected chi connectivity index (χ2v) is 4.56. The van der Waals surface area contributed by atoms with Crippen molar-refractivity contribution < 1.29 is 14.8 Å². The van der Waals surface area contributed by atoms with Crippen LogP contribution < -0.4 is 10.2 Å². The van der Waals surface area contributed by atoms with Gasteiger partial charge in [-0.05, 0) is 28.7 Å². The van der Waals surface area contributed by atoms with Gasteiger partial charge in [-0.15, -0.1) is 0 Å². The SMILES string of the molecule is CN(C)c1cc(NC(=O)O)c([N+](=O)[O-])cc1I. The highest BCUT2D eigenvalue weighted by Gasteiger charge is 2.19. The zero-order valence-electron chi connectivity index (χ0n) is 9.10. The van der Waals surface area contributed by atoms with Crippen LogP contribution in [0.4, 0.5) is 21.9 Å². The lowest BCUT2D eigenvalue weighted by molar-refractivity contribution is -0.384. The number of carboxylic acid groups (broad SMARTS) is 1. The van der Waals surface area contributed by atoms with Crippen molar-refractivity contribution >= 4 is 45.7 Å². The molecule has 0 atom stereocenters. The highest BCUT2D eigenvalue weighted by Crippen LogP contribution is 2.33. The molecular formula is C9H10IN3O4. The number of nitrogens with one attached hydrogen (secondary N) is 1. The van der Waals surface area contributed by atoms with Crippen molar-refractivity contribution in [3.63, 3.8) is 0 Å². The summed E-state index contributed by atoms with van der Waals surface area (Å²) < 4.78 is 0.676. The second-order valence-electron chi connectivity index (χ2n) is 3.40. The zero-order chi connectivity index (χ0) is 13.2. The molecule has 1 aromatic rings. The van der Waals surface area contributed by atoms with E-state index in [1.807, 2.05) is 27.9 Å². The van der Waals surface area contributed by atoms with E-state index >= 15 is 0 Å². The zero-order valence-corrected chi connectivity index (χ0v) is 11.3. The molecule has 0 radical (unpaired) electrons. The molecule has 1 rings (SSSR count). The smallest absolute Gasteiger partial charge is 0.409 e. The fourth-order valence-corrected chi connectivity index (χ4v) is 2.19. The van der Waals surface area contributed by atoms with Crippen LogP contribution in [0.15, 0.2) is 12.1 Å². The fraction of sp³-hybridized carbons (Fsp3) is 0.222. The Hall–Kier alpha value is -1.58. The van der Waals surface area contributed by atoms with Gasteiger partial charge in [-0.1, -0.05) is 0 Å². The number of amides is 1. The van der Waals surface area contributed by atoms with Gasteiger partial charge in [0.2, 0.25) is 0 Å². The quantitative estimate of drug-likeness (QED) is 0.495. The molecular weight excluding hydrogens is 341 g/mol. The molecule has 0 aliphatic rings. The number of hydrogen-bond donors (Lipinski definition) is 2. The Morgan fingerprint density at radius 2 is 2.12 bits per heavy atom. The minimum Gasteiger partial charge on any atom is -0.465 e. The largest absolute Gasteiger partial charge is 0.465 e. The van der Waals surface area contributed by atoms with Gasteiger partial charge in [0.15, 0.2) is 0 Å². The minimum atomic E-state index is -1.33. The molecule has 0 unspecified atom stereocenters. The lowest BCUT2D eigenvalue weighted by Gasteiger charge is -2.16. The normalized spacial score (nSPS) is 9.82. The van der Waals surface area contributed by atoms with Crippen molar-refractivity contribution in [3.05, 3.63) is 25.8 Å². The van der Waals surface area contributed by atoms with Gasteiger partial charge in [-0.25, -0.2) is 4.79 Å². The molecule has 1 aromatic carbocycles. The van der Waals surface area contributed by atoms with Crippen LogP contribution in [0.1, 0.15) is 0 Å². The van der Waals surface area contributed by atoms with E-state index in [0.29, 0.717) is 9.26 Å². The van der Waals surface area contributed by atoms with Gasteiger partial charge in [0, 0.05) is 23.7 Å². The number of nitro groups is 1. The van der Waals surface area contributed by atoms with Gasteiger partial charge >= 0.3 is 6.09 Å². The maximum absolute atomic E-state index is 10.8. The first-order valence-electron chi connectivity index (χ1n) is 4.48. The summed E-state index contributed by atoms with van der Waals surface area (Å²) in [6, 6.07) is 2.77. The van der Waals surface area contributed by atoms with Crippen molar-refractivity contribution in [3.8, 4) is 0 Å². The van der Waals surface area contributed by atoms with Crippen molar-refractivity contribution in [1.29, 1.82) is 0 Å². The standard InChI is InChI=1S/C9H10IN3O4/c1-12(2)7-4-6(11-9(14)15)8(13(16)17)3-5(7)10/h3-4,11H,1-2H3,(H,14,15). The topological polar surface area (TPSA) is 95.7 Å². The Labute approximate surface area is 111 Å². The highest BCUT2D eigenvalue weighted by atomic mass is 127. The van der Waals surface area contributed by atoms with Gasteiger partial charge in [0.05, 0.1) is 10.6 Å². The van der Waals surface area contributed by atoms with E-state index in [4.69, 9.17) is 5.11 Å². The Balaban J connectivity index is 3.36. The molecule has 0 fully saturated rings. The number of benzene rings is 1. The Morgan fingerprint density at radius 1 is 1.53 bits per heavy atom. The summed E-state index contributed by atoms with van der Waals surface area (Å²) in [5, 5.41) is 21.4. The molecule has 1 amide bonds. The molecule has 0 bridgehead atoms. The molecule has 0 saturated heterocycles. The average molecular weight is 351 g/mol. The summed E-state index contributed by atoms with van der Waals surface area (Å²) >= 11 is 1.96. The first-order chi connectivity index (χ1) is 7.82. The van der Waals surface area contributed by atoms with E-state index in [9.17, 15) is 14.9 Å². The average Bonchev–Trinajstić information content (AvgIpc) is 2.18. The van der Waals surface area contributed by atoms with Gasteiger partial charge in [-0.3, -0.25) is 15.4 Å². The fourth-order valence-electron chi connectivity index (χ4n) is 1.26. The minimum absolute atomic E-state index is 0.0355. The number of nitro benzene ring substituents is 1. The lowest BCUT2D eigenvalue weighted by Crippen LogP contribution is -2.14. The van der Waals surface area contributed by atoms with Crippen LogP contribution >= 0.6 is 22.6 Å².